The van der Waals surface area contributed by atoms with Crippen molar-refractivity contribution in [1.82, 2.24) is 5.32 Å². The number of aliphatic hydroxyl groups is 1. The first kappa shape index (κ1) is 16.2. The highest BCUT2D eigenvalue weighted by Crippen LogP contribution is 2.25. The molecule has 1 atom stereocenters. The summed E-state index contributed by atoms with van der Waals surface area (Å²) in [6, 6.07) is 4.69. The Balaban J connectivity index is 2.13. The van der Waals surface area contributed by atoms with Gasteiger partial charge >= 0.3 is 0 Å². The lowest BCUT2D eigenvalue weighted by atomic mass is 10.1. The van der Waals surface area contributed by atoms with Gasteiger partial charge in [-0.25, -0.2) is 4.39 Å². The second kappa shape index (κ2) is 8.29. The summed E-state index contributed by atoms with van der Waals surface area (Å²) in [4.78, 5) is 2.09. The van der Waals surface area contributed by atoms with Gasteiger partial charge < -0.3 is 24.8 Å². The predicted octanol–water partition coefficient (Wildman–Crippen LogP) is 0.759. The zero-order valence-corrected chi connectivity index (χ0v) is 12.3. The van der Waals surface area contributed by atoms with Gasteiger partial charge in [-0.3, -0.25) is 0 Å². The van der Waals surface area contributed by atoms with Gasteiger partial charge in [0.15, 0.2) is 0 Å². The van der Waals surface area contributed by atoms with E-state index < -0.39 is 0 Å². The van der Waals surface area contributed by atoms with E-state index in [-0.39, 0.29) is 18.5 Å². The van der Waals surface area contributed by atoms with Gasteiger partial charge in [0.2, 0.25) is 0 Å². The monoisotopic (exact) mass is 298 g/mol. The highest BCUT2D eigenvalue weighted by molar-refractivity contribution is 5.55. The highest BCUT2D eigenvalue weighted by atomic mass is 19.1. The first-order valence-electron chi connectivity index (χ1n) is 7.19. The Kier molecular flexibility index (Phi) is 6.38. The Morgan fingerprint density at radius 1 is 1.52 bits per heavy atom. The van der Waals surface area contributed by atoms with Gasteiger partial charge in [0, 0.05) is 32.4 Å². The van der Waals surface area contributed by atoms with Crippen LogP contribution in [0.25, 0.3) is 0 Å². The van der Waals surface area contributed by atoms with Crippen LogP contribution in [0.1, 0.15) is 5.56 Å². The van der Waals surface area contributed by atoms with Crippen LogP contribution in [-0.4, -0.2) is 57.8 Å². The quantitative estimate of drug-likeness (QED) is 0.728. The van der Waals surface area contributed by atoms with Crippen molar-refractivity contribution in [3.63, 3.8) is 0 Å². The number of nitrogens with one attached hydrogen (secondary N) is 1. The van der Waals surface area contributed by atoms with Crippen molar-refractivity contribution in [3.8, 4) is 0 Å². The average molecular weight is 298 g/mol. The molecule has 0 aliphatic carbocycles. The first-order chi connectivity index (χ1) is 10.3. The molecule has 0 bridgehead atoms. The lowest BCUT2D eigenvalue weighted by Gasteiger charge is -2.37. The fraction of sp³-hybridized carbons (Fsp3) is 0.600. The van der Waals surface area contributed by atoms with Gasteiger partial charge in [0.25, 0.3) is 0 Å². The third-order valence-corrected chi connectivity index (χ3v) is 3.59. The molecule has 1 fully saturated rings. The summed E-state index contributed by atoms with van der Waals surface area (Å²) in [6.07, 6.45) is 0. The third-order valence-electron chi connectivity index (χ3n) is 3.59. The summed E-state index contributed by atoms with van der Waals surface area (Å²) in [5.41, 5.74) is 1.83. The van der Waals surface area contributed by atoms with Crippen LogP contribution in [0, 0.1) is 5.82 Å². The minimum atomic E-state index is -0.254. The number of anilines is 1. The van der Waals surface area contributed by atoms with Crippen LogP contribution in [0.15, 0.2) is 18.2 Å². The molecular weight excluding hydrogens is 275 g/mol. The van der Waals surface area contributed by atoms with E-state index in [2.05, 4.69) is 10.2 Å². The molecule has 1 saturated heterocycles. The van der Waals surface area contributed by atoms with Crippen molar-refractivity contribution >= 4 is 5.69 Å². The Morgan fingerprint density at radius 3 is 3.14 bits per heavy atom. The van der Waals surface area contributed by atoms with Crippen molar-refractivity contribution in [2.24, 2.45) is 0 Å². The molecular formula is C15H23FN2O3. The van der Waals surface area contributed by atoms with Gasteiger partial charge in [-0.05, 0) is 23.8 Å². The molecule has 1 aromatic carbocycles. The van der Waals surface area contributed by atoms with Gasteiger partial charge in [-0.2, -0.15) is 0 Å². The summed E-state index contributed by atoms with van der Waals surface area (Å²) in [7, 11) is 1.65. The van der Waals surface area contributed by atoms with Crippen LogP contribution in [0.2, 0.25) is 0 Å². The molecule has 1 unspecified atom stereocenters. The van der Waals surface area contributed by atoms with E-state index in [1.54, 1.807) is 19.2 Å². The number of aliphatic hydroxyl groups excluding tert-OH is 1. The lowest BCUT2D eigenvalue weighted by Crippen LogP contribution is -2.48. The Morgan fingerprint density at radius 2 is 2.38 bits per heavy atom. The summed E-state index contributed by atoms with van der Waals surface area (Å²) in [5.74, 6) is -0.254. The SMILES string of the molecule is COCCNCc1cc(F)ccc1N1CCOCC1CO. The number of methoxy groups -OCH3 is 1. The van der Waals surface area contributed by atoms with Crippen LogP contribution in [-0.2, 0) is 16.0 Å². The lowest BCUT2D eigenvalue weighted by molar-refractivity contribution is 0.0726. The van der Waals surface area contributed by atoms with E-state index >= 15 is 0 Å². The Hall–Kier alpha value is -1.21. The molecule has 2 rings (SSSR count). The van der Waals surface area contributed by atoms with Crippen LogP contribution < -0.4 is 10.2 Å². The molecule has 118 valence electrons. The predicted molar refractivity (Wildman–Crippen MR) is 79.0 cm³/mol. The fourth-order valence-electron chi connectivity index (χ4n) is 2.50. The molecule has 0 aromatic heterocycles. The summed E-state index contributed by atoms with van der Waals surface area (Å²) >= 11 is 0. The number of nitrogens with zero attached hydrogens (tertiary/aromatic N) is 1. The van der Waals surface area contributed by atoms with E-state index in [0.29, 0.717) is 39.5 Å². The van der Waals surface area contributed by atoms with Crippen molar-refractivity contribution in [1.29, 1.82) is 0 Å². The number of halogens is 1. The Bertz CT molecular complexity index is 445. The second-order valence-corrected chi connectivity index (χ2v) is 5.05. The van der Waals surface area contributed by atoms with E-state index in [1.165, 1.54) is 6.07 Å². The summed E-state index contributed by atoms with van der Waals surface area (Å²) < 4.78 is 23.9. The molecule has 0 spiro atoms. The van der Waals surface area contributed by atoms with Gasteiger partial charge in [0.1, 0.15) is 5.82 Å². The largest absolute Gasteiger partial charge is 0.394 e. The van der Waals surface area contributed by atoms with E-state index in [9.17, 15) is 9.50 Å². The zero-order valence-electron chi connectivity index (χ0n) is 12.3. The van der Waals surface area contributed by atoms with Crippen LogP contribution in [0.5, 0.6) is 0 Å². The number of hydrogen-bond donors (Lipinski definition) is 2. The molecule has 1 aliphatic heterocycles. The molecule has 0 amide bonds. The molecule has 6 heteroatoms. The molecule has 1 aromatic rings. The Labute approximate surface area is 124 Å². The second-order valence-electron chi connectivity index (χ2n) is 5.05. The average Bonchev–Trinajstić information content (AvgIpc) is 2.52. The third kappa shape index (κ3) is 4.38. The van der Waals surface area contributed by atoms with Crippen LogP contribution in [0.4, 0.5) is 10.1 Å². The molecule has 2 N–H and O–H groups in total. The van der Waals surface area contributed by atoms with E-state index in [4.69, 9.17) is 9.47 Å². The van der Waals surface area contributed by atoms with Crippen LogP contribution >= 0.6 is 0 Å². The number of benzene rings is 1. The topological polar surface area (TPSA) is 54.0 Å². The molecule has 21 heavy (non-hydrogen) atoms. The maximum absolute atomic E-state index is 13.5. The minimum absolute atomic E-state index is 0.0217. The fourth-order valence-corrected chi connectivity index (χ4v) is 2.50. The van der Waals surface area contributed by atoms with Gasteiger partial charge in [-0.1, -0.05) is 0 Å². The number of ether oxygens (including phenoxy) is 2. The van der Waals surface area contributed by atoms with E-state index in [1.807, 2.05) is 0 Å². The van der Waals surface area contributed by atoms with Crippen molar-refractivity contribution in [2.45, 2.75) is 12.6 Å². The number of hydrogen-bond acceptors (Lipinski definition) is 5. The van der Waals surface area contributed by atoms with Gasteiger partial charge in [0.05, 0.1) is 32.5 Å². The number of rotatable bonds is 7. The highest BCUT2D eigenvalue weighted by Gasteiger charge is 2.24. The van der Waals surface area contributed by atoms with Gasteiger partial charge in [-0.15, -0.1) is 0 Å². The van der Waals surface area contributed by atoms with Crippen molar-refractivity contribution in [3.05, 3.63) is 29.6 Å². The first-order valence-corrected chi connectivity index (χ1v) is 7.19. The van der Waals surface area contributed by atoms with E-state index in [0.717, 1.165) is 11.3 Å². The summed E-state index contributed by atoms with van der Waals surface area (Å²) in [6.45, 7) is 3.71. The molecule has 0 radical (unpaired) electrons. The normalized spacial score (nSPS) is 19.0. The minimum Gasteiger partial charge on any atom is -0.394 e. The standard InChI is InChI=1S/C15H23FN2O3/c1-20-6-4-17-9-12-8-13(16)2-3-15(12)18-5-7-21-11-14(18)10-19/h2-3,8,14,17,19H,4-7,9-11H2,1H3. The van der Waals surface area contributed by atoms with Crippen molar-refractivity contribution < 1.29 is 19.0 Å². The van der Waals surface area contributed by atoms with Crippen molar-refractivity contribution in [2.75, 3.05) is 51.5 Å². The zero-order chi connectivity index (χ0) is 15.1. The maximum Gasteiger partial charge on any atom is 0.123 e. The summed E-state index contributed by atoms with van der Waals surface area (Å²) in [5, 5.41) is 12.7. The molecule has 1 heterocycles. The molecule has 1 aliphatic rings. The molecule has 5 nitrogen and oxygen atoms in total. The van der Waals surface area contributed by atoms with Crippen LogP contribution in [0.3, 0.4) is 0 Å². The number of morpholine rings is 1. The smallest absolute Gasteiger partial charge is 0.123 e. The maximum atomic E-state index is 13.5. The molecule has 0 saturated carbocycles.